The zero-order valence-electron chi connectivity index (χ0n) is 11.3. The minimum absolute atomic E-state index is 0.0230. The van der Waals surface area contributed by atoms with Gasteiger partial charge in [0.05, 0.1) is 11.2 Å². The zero-order chi connectivity index (χ0) is 15.6. The number of aromatic nitrogens is 2. The molecule has 0 atom stereocenters. The van der Waals surface area contributed by atoms with Gasteiger partial charge in [0.2, 0.25) is 0 Å². The van der Waals surface area contributed by atoms with Crippen LogP contribution in [0.3, 0.4) is 0 Å². The molecule has 5 nitrogen and oxygen atoms in total. The molecule has 0 aliphatic heterocycles. The first-order valence-electron chi connectivity index (χ1n) is 6.11. The van der Waals surface area contributed by atoms with Crippen molar-refractivity contribution < 1.29 is 19.0 Å². The third-order valence-electron chi connectivity index (χ3n) is 2.61. The van der Waals surface area contributed by atoms with Crippen molar-refractivity contribution in [3.8, 4) is 11.5 Å². The summed E-state index contributed by atoms with van der Waals surface area (Å²) in [6.45, 7) is 3.69. The van der Waals surface area contributed by atoms with Crippen LogP contribution in [-0.4, -0.2) is 21.0 Å². The first-order chi connectivity index (χ1) is 9.88. The lowest BCUT2D eigenvalue weighted by atomic mass is 10.2. The van der Waals surface area contributed by atoms with Gasteiger partial charge in [-0.15, -0.1) is 0 Å². The Bertz CT molecular complexity index is 692. The summed E-state index contributed by atoms with van der Waals surface area (Å²) in [5, 5.41) is 9.13. The summed E-state index contributed by atoms with van der Waals surface area (Å²) in [5.74, 6) is -1.49. The van der Waals surface area contributed by atoms with E-state index >= 15 is 0 Å². The zero-order valence-corrected chi connectivity index (χ0v) is 12.1. The van der Waals surface area contributed by atoms with E-state index < -0.39 is 11.8 Å². The van der Waals surface area contributed by atoms with Crippen molar-refractivity contribution >= 4 is 17.6 Å². The maximum absolute atomic E-state index is 13.4. The second-order valence-electron chi connectivity index (χ2n) is 4.58. The molecule has 0 aliphatic rings. The first kappa shape index (κ1) is 15.2. The maximum Gasteiger partial charge on any atom is 0.358 e. The summed E-state index contributed by atoms with van der Waals surface area (Å²) in [7, 11) is 0. The van der Waals surface area contributed by atoms with E-state index in [0.29, 0.717) is 5.82 Å². The molecule has 1 N–H and O–H groups in total. The van der Waals surface area contributed by atoms with Crippen LogP contribution in [0.2, 0.25) is 5.02 Å². The van der Waals surface area contributed by atoms with Gasteiger partial charge in [-0.2, -0.15) is 0 Å². The lowest BCUT2D eigenvalue weighted by molar-refractivity contribution is 0.0686. The first-order valence-corrected chi connectivity index (χ1v) is 6.49. The number of ether oxygens (including phenoxy) is 1. The third-order valence-corrected chi connectivity index (χ3v) is 2.92. The van der Waals surface area contributed by atoms with Crippen LogP contribution in [0.5, 0.6) is 11.5 Å². The fourth-order valence-electron chi connectivity index (χ4n) is 1.56. The van der Waals surface area contributed by atoms with E-state index in [1.807, 2.05) is 13.8 Å². The Morgan fingerprint density at radius 2 is 2.14 bits per heavy atom. The number of carboxylic acid groups (broad SMARTS) is 1. The van der Waals surface area contributed by atoms with E-state index in [1.54, 1.807) is 0 Å². The van der Waals surface area contributed by atoms with Crippen molar-refractivity contribution in [3.05, 3.63) is 46.8 Å². The summed E-state index contributed by atoms with van der Waals surface area (Å²) in [4.78, 5) is 19.2. The van der Waals surface area contributed by atoms with Gasteiger partial charge in [-0.05, 0) is 12.1 Å². The Morgan fingerprint density at radius 3 is 2.71 bits per heavy atom. The van der Waals surface area contributed by atoms with Gasteiger partial charge in [-0.1, -0.05) is 25.4 Å². The van der Waals surface area contributed by atoms with Crippen LogP contribution >= 0.6 is 11.6 Å². The van der Waals surface area contributed by atoms with Crippen LogP contribution in [0, 0.1) is 5.82 Å². The Labute approximate surface area is 125 Å². The molecule has 1 aromatic carbocycles. The minimum atomic E-state index is -1.25. The van der Waals surface area contributed by atoms with E-state index in [2.05, 4.69) is 9.97 Å². The standard InChI is InChI=1S/C14H12ClFN2O3/c1-7(2)13-17-6-11(12(18-13)14(19)20)21-8-3-4-9(15)10(16)5-8/h3-7H,1-2H3,(H,19,20). The third kappa shape index (κ3) is 3.46. The van der Waals surface area contributed by atoms with Crippen molar-refractivity contribution in [1.82, 2.24) is 9.97 Å². The summed E-state index contributed by atoms with van der Waals surface area (Å²) < 4.78 is 18.7. The Morgan fingerprint density at radius 1 is 1.43 bits per heavy atom. The van der Waals surface area contributed by atoms with Crippen molar-refractivity contribution in [3.63, 3.8) is 0 Å². The van der Waals surface area contributed by atoms with Crippen LogP contribution in [0.25, 0.3) is 0 Å². The summed E-state index contributed by atoms with van der Waals surface area (Å²) in [6, 6.07) is 3.80. The van der Waals surface area contributed by atoms with Gasteiger partial charge in [0.1, 0.15) is 17.4 Å². The molecule has 0 amide bonds. The Kier molecular flexibility index (Phi) is 4.37. The average molecular weight is 311 g/mol. The molecular weight excluding hydrogens is 299 g/mol. The monoisotopic (exact) mass is 310 g/mol. The van der Waals surface area contributed by atoms with E-state index in [1.165, 1.54) is 18.3 Å². The smallest absolute Gasteiger partial charge is 0.358 e. The van der Waals surface area contributed by atoms with E-state index in [0.717, 1.165) is 6.07 Å². The molecule has 0 fully saturated rings. The molecule has 1 aromatic heterocycles. The molecule has 21 heavy (non-hydrogen) atoms. The molecule has 0 bridgehead atoms. The van der Waals surface area contributed by atoms with Gasteiger partial charge in [-0.3, -0.25) is 0 Å². The minimum Gasteiger partial charge on any atom is -0.476 e. The van der Waals surface area contributed by atoms with Crippen LogP contribution in [0.4, 0.5) is 4.39 Å². The second kappa shape index (κ2) is 6.05. The molecule has 0 saturated carbocycles. The predicted octanol–water partition coefficient (Wildman–Crippen LogP) is 3.88. The summed E-state index contributed by atoms with van der Waals surface area (Å²) in [5.41, 5.74) is -0.274. The lowest BCUT2D eigenvalue weighted by Gasteiger charge is -2.10. The predicted molar refractivity (Wildman–Crippen MR) is 74.6 cm³/mol. The van der Waals surface area contributed by atoms with Crippen molar-refractivity contribution in [2.75, 3.05) is 0 Å². The van der Waals surface area contributed by atoms with Gasteiger partial charge in [0.25, 0.3) is 0 Å². The number of carbonyl (C=O) groups is 1. The fourth-order valence-corrected chi connectivity index (χ4v) is 1.68. The number of carboxylic acids is 1. The van der Waals surface area contributed by atoms with Gasteiger partial charge < -0.3 is 9.84 Å². The molecule has 0 aliphatic carbocycles. The number of hydrogen-bond donors (Lipinski definition) is 1. The molecule has 2 rings (SSSR count). The molecule has 0 unspecified atom stereocenters. The van der Waals surface area contributed by atoms with Crippen LogP contribution in [0.1, 0.15) is 36.1 Å². The highest BCUT2D eigenvalue weighted by molar-refractivity contribution is 6.30. The van der Waals surface area contributed by atoms with Crippen molar-refractivity contribution in [2.45, 2.75) is 19.8 Å². The van der Waals surface area contributed by atoms with E-state index in [-0.39, 0.29) is 28.1 Å². The molecular formula is C14H12ClFN2O3. The highest BCUT2D eigenvalue weighted by Crippen LogP contribution is 2.27. The van der Waals surface area contributed by atoms with Gasteiger partial charge >= 0.3 is 5.97 Å². The topological polar surface area (TPSA) is 72.3 Å². The SMILES string of the molecule is CC(C)c1ncc(Oc2ccc(Cl)c(F)c2)c(C(=O)O)n1. The van der Waals surface area contributed by atoms with Gasteiger partial charge in [0.15, 0.2) is 11.4 Å². The maximum atomic E-state index is 13.4. The summed E-state index contributed by atoms with van der Waals surface area (Å²) in [6.07, 6.45) is 1.26. The fraction of sp³-hybridized carbons (Fsp3) is 0.214. The molecule has 0 saturated heterocycles. The summed E-state index contributed by atoms with van der Waals surface area (Å²) >= 11 is 5.57. The number of benzene rings is 1. The number of hydrogen-bond acceptors (Lipinski definition) is 4. The van der Waals surface area contributed by atoms with Crippen LogP contribution in [-0.2, 0) is 0 Å². The van der Waals surface area contributed by atoms with Gasteiger partial charge in [0, 0.05) is 12.0 Å². The largest absolute Gasteiger partial charge is 0.476 e. The van der Waals surface area contributed by atoms with Crippen LogP contribution in [0.15, 0.2) is 24.4 Å². The normalized spacial score (nSPS) is 10.7. The molecule has 110 valence electrons. The lowest BCUT2D eigenvalue weighted by Crippen LogP contribution is -2.08. The number of halogens is 2. The van der Waals surface area contributed by atoms with Crippen molar-refractivity contribution in [2.24, 2.45) is 0 Å². The van der Waals surface area contributed by atoms with E-state index in [9.17, 15) is 14.3 Å². The molecule has 2 aromatic rings. The van der Waals surface area contributed by atoms with E-state index in [4.69, 9.17) is 16.3 Å². The molecule has 0 radical (unpaired) electrons. The van der Waals surface area contributed by atoms with Gasteiger partial charge in [-0.25, -0.2) is 19.2 Å². The number of aromatic carboxylic acids is 1. The highest BCUT2D eigenvalue weighted by atomic mass is 35.5. The Balaban J connectivity index is 2.39. The molecule has 1 heterocycles. The molecule has 7 heteroatoms. The number of nitrogens with zero attached hydrogens (tertiary/aromatic N) is 2. The quantitative estimate of drug-likeness (QED) is 0.927. The second-order valence-corrected chi connectivity index (χ2v) is 4.99. The highest BCUT2D eigenvalue weighted by Gasteiger charge is 2.18. The van der Waals surface area contributed by atoms with Crippen LogP contribution < -0.4 is 4.74 Å². The average Bonchev–Trinajstić information content (AvgIpc) is 2.43. The molecule has 0 spiro atoms. The Hall–Kier alpha value is -2.21. The number of rotatable bonds is 4. The van der Waals surface area contributed by atoms with Crippen molar-refractivity contribution in [1.29, 1.82) is 0 Å².